The summed E-state index contributed by atoms with van der Waals surface area (Å²) in [6.07, 6.45) is 3.31. The molecule has 0 saturated carbocycles. The van der Waals surface area contributed by atoms with Crippen LogP contribution in [-0.2, 0) is 6.42 Å². The number of nitrogens with zero attached hydrogens (tertiary/aromatic N) is 2. The van der Waals surface area contributed by atoms with Gasteiger partial charge in [0.25, 0.3) is 0 Å². The predicted octanol–water partition coefficient (Wildman–Crippen LogP) is 3.41. The highest BCUT2D eigenvalue weighted by Crippen LogP contribution is 2.23. The third-order valence-corrected chi connectivity index (χ3v) is 3.29. The van der Waals surface area contributed by atoms with E-state index in [4.69, 9.17) is 28.9 Å². The molecule has 0 fully saturated rings. The number of nitrogen functional groups attached to an aromatic ring is 1. The summed E-state index contributed by atoms with van der Waals surface area (Å²) in [5.41, 5.74) is 6.84. The van der Waals surface area contributed by atoms with E-state index in [1.54, 1.807) is 0 Å². The quantitative estimate of drug-likeness (QED) is 0.830. The van der Waals surface area contributed by atoms with E-state index < -0.39 is 0 Å². The first kappa shape index (κ1) is 13.9. The molecule has 0 aliphatic heterocycles. The Bertz CT molecular complexity index is 543. The van der Waals surface area contributed by atoms with Crippen LogP contribution in [0.3, 0.4) is 0 Å². The largest absolute Gasteiger partial charge is 0.382 e. The minimum atomic E-state index is 0.289. The molecule has 0 spiro atoms. The van der Waals surface area contributed by atoms with Gasteiger partial charge in [-0.25, -0.2) is 9.97 Å². The van der Waals surface area contributed by atoms with Crippen LogP contribution >= 0.6 is 23.2 Å². The molecule has 2 aromatic rings. The number of nitrogens with one attached hydrogen (secondary N) is 1. The van der Waals surface area contributed by atoms with Gasteiger partial charge in [-0.15, -0.1) is 0 Å². The summed E-state index contributed by atoms with van der Waals surface area (Å²) in [6.45, 7) is 0.763. The van der Waals surface area contributed by atoms with Crippen molar-refractivity contribution in [2.45, 2.75) is 12.8 Å². The van der Waals surface area contributed by atoms with Crippen molar-refractivity contribution in [2.24, 2.45) is 0 Å². The van der Waals surface area contributed by atoms with Crippen LogP contribution in [0.4, 0.5) is 11.6 Å². The van der Waals surface area contributed by atoms with Crippen LogP contribution < -0.4 is 11.1 Å². The predicted molar refractivity (Wildman–Crippen MR) is 79.7 cm³/mol. The van der Waals surface area contributed by atoms with E-state index in [0.29, 0.717) is 10.8 Å². The lowest BCUT2D eigenvalue weighted by Gasteiger charge is -2.08. The van der Waals surface area contributed by atoms with Crippen LogP contribution in [0.15, 0.2) is 30.6 Å². The maximum atomic E-state index is 5.98. The van der Waals surface area contributed by atoms with Gasteiger partial charge in [-0.05, 0) is 30.5 Å². The topological polar surface area (TPSA) is 63.8 Å². The molecule has 0 amide bonds. The van der Waals surface area contributed by atoms with Crippen molar-refractivity contribution in [3.05, 3.63) is 46.2 Å². The Morgan fingerprint density at radius 3 is 2.58 bits per heavy atom. The van der Waals surface area contributed by atoms with E-state index in [1.165, 1.54) is 11.9 Å². The third kappa shape index (κ3) is 3.98. The highest BCUT2D eigenvalue weighted by Gasteiger charge is 2.05. The highest BCUT2D eigenvalue weighted by molar-refractivity contribution is 6.35. The van der Waals surface area contributed by atoms with Crippen molar-refractivity contribution in [3.63, 3.8) is 0 Å². The van der Waals surface area contributed by atoms with Crippen LogP contribution in [0, 0.1) is 0 Å². The summed E-state index contributed by atoms with van der Waals surface area (Å²) < 4.78 is 0. The van der Waals surface area contributed by atoms with E-state index in [1.807, 2.05) is 24.3 Å². The van der Waals surface area contributed by atoms with Gasteiger partial charge >= 0.3 is 0 Å². The zero-order valence-corrected chi connectivity index (χ0v) is 11.7. The van der Waals surface area contributed by atoms with Crippen LogP contribution in [-0.4, -0.2) is 16.5 Å². The first-order valence-corrected chi connectivity index (χ1v) is 6.66. The number of aromatic nitrogens is 2. The number of anilines is 2. The molecule has 3 N–H and O–H groups in total. The van der Waals surface area contributed by atoms with Gasteiger partial charge in [-0.3, -0.25) is 0 Å². The Kier molecular flexibility index (Phi) is 4.82. The maximum Gasteiger partial charge on any atom is 0.150 e. The number of rotatable bonds is 5. The van der Waals surface area contributed by atoms with Gasteiger partial charge in [0.15, 0.2) is 0 Å². The molecule has 0 atom stereocenters. The summed E-state index contributed by atoms with van der Waals surface area (Å²) in [6, 6.07) is 7.84. The second kappa shape index (κ2) is 6.59. The minimum Gasteiger partial charge on any atom is -0.382 e. The lowest BCUT2D eigenvalue weighted by Crippen LogP contribution is -2.06. The molecular weight excluding hydrogens is 283 g/mol. The van der Waals surface area contributed by atoms with Crippen molar-refractivity contribution in [3.8, 4) is 0 Å². The van der Waals surface area contributed by atoms with Crippen LogP contribution in [0.5, 0.6) is 0 Å². The molecule has 100 valence electrons. The second-order valence-corrected chi connectivity index (χ2v) is 4.89. The number of nitrogens with two attached hydrogens (primary N) is 1. The molecule has 1 aromatic carbocycles. The molecule has 0 radical (unpaired) electrons. The van der Waals surface area contributed by atoms with Gasteiger partial charge in [-0.1, -0.05) is 35.3 Å². The smallest absolute Gasteiger partial charge is 0.150 e. The van der Waals surface area contributed by atoms with E-state index in [9.17, 15) is 0 Å². The van der Waals surface area contributed by atoms with Gasteiger partial charge in [0.2, 0.25) is 0 Å². The Morgan fingerprint density at radius 2 is 1.84 bits per heavy atom. The SMILES string of the molecule is Nc1ncnc(NCCCc2ccc(Cl)cc2)c1Cl. The van der Waals surface area contributed by atoms with Crippen LogP contribution in [0.2, 0.25) is 10.0 Å². The van der Waals surface area contributed by atoms with Gasteiger partial charge in [0.05, 0.1) is 0 Å². The van der Waals surface area contributed by atoms with Gasteiger partial charge in [0, 0.05) is 11.6 Å². The monoisotopic (exact) mass is 296 g/mol. The highest BCUT2D eigenvalue weighted by atomic mass is 35.5. The van der Waals surface area contributed by atoms with Crippen molar-refractivity contribution < 1.29 is 0 Å². The van der Waals surface area contributed by atoms with Crippen LogP contribution in [0.25, 0.3) is 0 Å². The zero-order valence-electron chi connectivity index (χ0n) is 10.2. The molecular formula is C13H14Cl2N4. The fourth-order valence-corrected chi connectivity index (χ4v) is 1.95. The van der Waals surface area contributed by atoms with Gasteiger partial charge < -0.3 is 11.1 Å². The Labute approximate surface area is 122 Å². The van der Waals surface area contributed by atoms with Crippen LogP contribution in [0.1, 0.15) is 12.0 Å². The van der Waals surface area contributed by atoms with Crippen molar-refractivity contribution in [1.82, 2.24) is 9.97 Å². The maximum absolute atomic E-state index is 5.98. The zero-order chi connectivity index (χ0) is 13.7. The first-order valence-electron chi connectivity index (χ1n) is 5.91. The van der Waals surface area contributed by atoms with Crippen molar-refractivity contribution in [1.29, 1.82) is 0 Å². The molecule has 0 saturated heterocycles. The standard InChI is InChI=1S/C13H14Cl2N4/c14-10-5-3-9(4-6-10)2-1-7-17-13-11(15)12(16)18-8-19-13/h3-6,8H,1-2,7H2,(H3,16,17,18,19). The summed E-state index contributed by atoms with van der Waals surface area (Å²) in [5, 5.41) is 4.27. The molecule has 2 rings (SSSR count). The minimum absolute atomic E-state index is 0.289. The fraction of sp³-hybridized carbons (Fsp3) is 0.231. The normalized spacial score (nSPS) is 10.4. The number of benzene rings is 1. The van der Waals surface area contributed by atoms with E-state index in [2.05, 4.69) is 15.3 Å². The fourth-order valence-electron chi connectivity index (χ4n) is 1.66. The van der Waals surface area contributed by atoms with E-state index >= 15 is 0 Å². The molecule has 1 heterocycles. The summed E-state index contributed by atoms with van der Waals surface area (Å²) >= 11 is 11.8. The second-order valence-electron chi connectivity index (χ2n) is 4.08. The first-order chi connectivity index (χ1) is 9.16. The lowest BCUT2D eigenvalue weighted by molar-refractivity contribution is 0.858. The van der Waals surface area contributed by atoms with E-state index in [-0.39, 0.29) is 5.82 Å². The van der Waals surface area contributed by atoms with Crippen molar-refractivity contribution >= 4 is 34.8 Å². The number of halogens is 2. The van der Waals surface area contributed by atoms with E-state index in [0.717, 1.165) is 24.4 Å². The average molecular weight is 297 g/mol. The lowest BCUT2D eigenvalue weighted by atomic mass is 10.1. The molecule has 6 heteroatoms. The van der Waals surface area contributed by atoms with Gasteiger partial charge in [0.1, 0.15) is 23.0 Å². The molecule has 0 bridgehead atoms. The number of hydrogen-bond acceptors (Lipinski definition) is 4. The van der Waals surface area contributed by atoms with Gasteiger partial charge in [-0.2, -0.15) is 0 Å². The Balaban J connectivity index is 1.81. The summed E-state index contributed by atoms with van der Waals surface area (Å²) in [7, 11) is 0. The van der Waals surface area contributed by atoms with Crippen molar-refractivity contribution in [2.75, 3.05) is 17.6 Å². The number of hydrogen-bond donors (Lipinski definition) is 2. The Hall–Kier alpha value is -1.52. The molecule has 0 unspecified atom stereocenters. The Morgan fingerprint density at radius 1 is 1.11 bits per heavy atom. The molecule has 1 aromatic heterocycles. The average Bonchev–Trinajstić information content (AvgIpc) is 2.41. The number of aryl methyl sites for hydroxylation is 1. The molecule has 0 aliphatic rings. The molecule has 0 aliphatic carbocycles. The third-order valence-electron chi connectivity index (χ3n) is 2.66. The summed E-state index contributed by atoms with van der Waals surface area (Å²) in [4.78, 5) is 7.85. The summed E-state index contributed by atoms with van der Waals surface area (Å²) in [5.74, 6) is 0.863. The molecule has 4 nitrogen and oxygen atoms in total. The molecule has 19 heavy (non-hydrogen) atoms.